The lowest BCUT2D eigenvalue weighted by atomic mass is 10.1. The molecule has 1 rings (SSSR count). The molecule has 0 bridgehead atoms. The van der Waals surface area contributed by atoms with Crippen LogP contribution in [0.2, 0.25) is 0 Å². The molecule has 0 aromatic heterocycles. The summed E-state index contributed by atoms with van der Waals surface area (Å²) in [7, 11) is 1.97. The Morgan fingerprint density at radius 3 is 2.77 bits per heavy atom. The zero-order chi connectivity index (χ0) is 9.68. The zero-order valence-electron chi connectivity index (χ0n) is 8.88. The third kappa shape index (κ3) is 3.25. The van der Waals surface area contributed by atoms with Gasteiger partial charge >= 0.3 is 0 Å². The minimum atomic E-state index is 0.339. The summed E-state index contributed by atoms with van der Waals surface area (Å²) in [5, 5.41) is 3.25. The smallest absolute Gasteiger partial charge is 0.0755 e. The summed E-state index contributed by atoms with van der Waals surface area (Å²) in [5.41, 5.74) is 0. The van der Waals surface area contributed by atoms with Crippen molar-refractivity contribution in [1.29, 1.82) is 0 Å². The molecule has 78 valence electrons. The maximum absolute atomic E-state index is 5.77. The Kier molecular flexibility index (Phi) is 4.70. The van der Waals surface area contributed by atoms with E-state index >= 15 is 0 Å². The van der Waals surface area contributed by atoms with Crippen LogP contribution in [0.4, 0.5) is 0 Å². The van der Waals surface area contributed by atoms with Gasteiger partial charge in [-0.2, -0.15) is 0 Å². The highest BCUT2D eigenvalue weighted by atomic mass is 16.5. The highest BCUT2D eigenvalue weighted by Crippen LogP contribution is 2.21. The molecule has 3 nitrogen and oxygen atoms in total. The molecule has 1 N–H and O–H groups in total. The number of hydrogen-bond donors (Lipinski definition) is 1. The first kappa shape index (κ1) is 11.0. The van der Waals surface area contributed by atoms with Gasteiger partial charge in [0, 0.05) is 6.61 Å². The Bertz CT molecular complexity index is 141. The van der Waals surface area contributed by atoms with E-state index in [2.05, 4.69) is 12.2 Å². The van der Waals surface area contributed by atoms with Crippen molar-refractivity contribution in [3.05, 3.63) is 0 Å². The first-order chi connectivity index (χ1) is 6.27. The maximum atomic E-state index is 5.77. The van der Waals surface area contributed by atoms with Crippen LogP contribution in [0.25, 0.3) is 0 Å². The normalized spacial score (nSPS) is 30.7. The molecule has 0 saturated carbocycles. The lowest BCUT2D eigenvalue weighted by Crippen LogP contribution is -2.41. The number of ether oxygens (including phenoxy) is 2. The molecule has 3 unspecified atom stereocenters. The Balaban J connectivity index is 2.29. The van der Waals surface area contributed by atoms with Crippen LogP contribution < -0.4 is 5.32 Å². The minimum absolute atomic E-state index is 0.339. The summed E-state index contributed by atoms with van der Waals surface area (Å²) in [6, 6.07) is 0.352. The van der Waals surface area contributed by atoms with E-state index < -0.39 is 0 Å². The quantitative estimate of drug-likeness (QED) is 0.701. The number of rotatable bonds is 5. The molecule has 1 saturated heterocycles. The molecule has 1 aliphatic heterocycles. The molecule has 0 amide bonds. The van der Waals surface area contributed by atoms with E-state index in [-0.39, 0.29) is 0 Å². The average Bonchev–Trinajstić information content (AvgIpc) is 2.54. The fraction of sp³-hybridized carbons (Fsp3) is 1.00. The lowest BCUT2D eigenvalue weighted by Gasteiger charge is -2.22. The van der Waals surface area contributed by atoms with Gasteiger partial charge in [0.25, 0.3) is 0 Å². The second kappa shape index (κ2) is 5.58. The second-order valence-electron chi connectivity index (χ2n) is 3.62. The monoisotopic (exact) mass is 187 g/mol. The zero-order valence-corrected chi connectivity index (χ0v) is 8.88. The van der Waals surface area contributed by atoms with Crippen molar-refractivity contribution >= 4 is 0 Å². The van der Waals surface area contributed by atoms with Gasteiger partial charge in [-0.1, -0.05) is 0 Å². The lowest BCUT2D eigenvalue weighted by molar-refractivity contribution is 0.00576. The van der Waals surface area contributed by atoms with Crippen molar-refractivity contribution < 1.29 is 9.47 Å². The molecule has 0 aromatic carbocycles. The molecule has 0 aromatic rings. The van der Waals surface area contributed by atoms with Gasteiger partial charge in [0.05, 0.1) is 24.9 Å². The van der Waals surface area contributed by atoms with Gasteiger partial charge in [-0.3, -0.25) is 0 Å². The van der Waals surface area contributed by atoms with Crippen LogP contribution in [0.1, 0.15) is 26.7 Å². The van der Waals surface area contributed by atoms with E-state index in [0.29, 0.717) is 18.2 Å². The first-order valence-corrected chi connectivity index (χ1v) is 5.18. The minimum Gasteiger partial charge on any atom is -0.380 e. The molecule has 0 radical (unpaired) electrons. The van der Waals surface area contributed by atoms with Crippen LogP contribution in [-0.4, -0.2) is 38.5 Å². The van der Waals surface area contributed by atoms with E-state index in [4.69, 9.17) is 9.47 Å². The van der Waals surface area contributed by atoms with Gasteiger partial charge in [-0.25, -0.2) is 0 Å². The Hall–Kier alpha value is -0.120. The Morgan fingerprint density at radius 2 is 2.31 bits per heavy atom. The molecule has 13 heavy (non-hydrogen) atoms. The van der Waals surface area contributed by atoms with Gasteiger partial charge < -0.3 is 14.8 Å². The van der Waals surface area contributed by atoms with E-state index in [1.807, 2.05) is 14.0 Å². The van der Waals surface area contributed by atoms with Gasteiger partial charge in [-0.15, -0.1) is 0 Å². The number of likely N-dealkylation sites (N-methyl/N-ethyl adjacent to an activating group) is 1. The van der Waals surface area contributed by atoms with Crippen LogP contribution in [0.15, 0.2) is 0 Å². The first-order valence-electron chi connectivity index (χ1n) is 5.18. The fourth-order valence-corrected chi connectivity index (χ4v) is 1.75. The van der Waals surface area contributed by atoms with E-state index in [1.165, 1.54) is 6.42 Å². The summed E-state index contributed by atoms with van der Waals surface area (Å²) < 4.78 is 11.2. The van der Waals surface area contributed by atoms with Crippen LogP contribution in [-0.2, 0) is 9.47 Å². The molecular weight excluding hydrogens is 166 g/mol. The van der Waals surface area contributed by atoms with Crippen molar-refractivity contribution in [3.63, 3.8) is 0 Å². The van der Waals surface area contributed by atoms with Crippen LogP contribution in [0, 0.1) is 0 Å². The standard InChI is InChI=1S/C10H21NO2/c1-4-12-7-9(11-3)10-6-5-8(2)13-10/h8-11H,4-7H2,1-3H3. The third-order valence-corrected chi connectivity index (χ3v) is 2.59. The average molecular weight is 187 g/mol. The predicted molar refractivity (Wildman–Crippen MR) is 52.9 cm³/mol. The number of nitrogens with one attached hydrogen (secondary N) is 1. The van der Waals surface area contributed by atoms with Gasteiger partial charge in [0.15, 0.2) is 0 Å². The highest BCUT2D eigenvalue weighted by Gasteiger charge is 2.28. The van der Waals surface area contributed by atoms with Gasteiger partial charge in [-0.05, 0) is 33.7 Å². The van der Waals surface area contributed by atoms with E-state index in [0.717, 1.165) is 19.6 Å². The molecule has 3 atom stereocenters. The fourth-order valence-electron chi connectivity index (χ4n) is 1.75. The van der Waals surface area contributed by atoms with Crippen molar-refractivity contribution in [2.75, 3.05) is 20.3 Å². The molecule has 3 heteroatoms. The number of hydrogen-bond acceptors (Lipinski definition) is 3. The predicted octanol–water partition coefficient (Wildman–Crippen LogP) is 1.18. The molecular formula is C10H21NO2. The topological polar surface area (TPSA) is 30.5 Å². The molecule has 1 fully saturated rings. The van der Waals surface area contributed by atoms with E-state index in [9.17, 15) is 0 Å². The summed E-state index contributed by atoms with van der Waals surface area (Å²) in [6.45, 7) is 5.68. The molecule has 0 spiro atoms. The van der Waals surface area contributed by atoms with Gasteiger partial charge in [0.1, 0.15) is 0 Å². The Morgan fingerprint density at radius 1 is 1.54 bits per heavy atom. The molecule has 0 aliphatic carbocycles. The summed E-state index contributed by atoms with van der Waals surface area (Å²) in [5.74, 6) is 0. The second-order valence-corrected chi connectivity index (χ2v) is 3.62. The van der Waals surface area contributed by atoms with Gasteiger partial charge in [0.2, 0.25) is 0 Å². The molecule has 1 aliphatic rings. The summed E-state index contributed by atoms with van der Waals surface area (Å²) >= 11 is 0. The summed E-state index contributed by atoms with van der Waals surface area (Å²) in [4.78, 5) is 0. The van der Waals surface area contributed by atoms with Crippen molar-refractivity contribution in [1.82, 2.24) is 5.32 Å². The third-order valence-electron chi connectivity index (χ3n) is 2.59. The highest BCUT2D eigenvalue weighted by molar-refractivity contribution is 4.81. The van der Waals surface area contributed by atoms with Crippen molar-refractivity contribution in [2.24, 2.45) is 0 Å². The van der Waals surface area contributed by atoms with Crippen LogP contribution in [0.3, 0.4) is 0 Å². The maximum Gasteiger partial charge on any atom is 0.0755 e. The Labute approximate surface area is 80.8 Å². The summed E-state index contributed by atoms with van der Waals surface area (Å²) in [6.07, 6.45) is 3.09. The van der Waals surface area contributed by atoms with E-state index in [1.54, 1.807) is 0 Å². The SMILES string of the molecule is CCOCC(NC)C1CCC(C)O1. The largest absolute Gasteiger partial charge is 0.380 e. The van der Waals surface area contributed by atoms with Crippen LogP contribution in [0.5, 0.6) is 0 Å². The van der Waals surface area contributed by atoms with Crippen molar-refractivity contribution in [2.45, 2.75) is 44.9 Å². The van der Waals surface area contributed by atoms with Crippen molar-refractivity contribution in [3.8, 4) is 0 Å². The van der Waals surface area contributed by atoms with Crippen LogP contribution >= 0.6 is 0 Å². The molecule has 1 heterocycles.